The summed E-state index contributed by atoms with van der Waals surface area (Å²) in [5, 5.41) is 2.13. The van der Waals surface area contributed by atoms with Crippen molar-refractivity contribution in [2.75, 3.05) is 13.2 Å². The molecule has 0 amide bonds. The van der Waals surface area contributed by atoms with Crippen LogP contribution in [0.15, 0.2) is 17.1 Å². The van der Waals surface area contributed by atoms with E-state index in [1.54, 1.807) is 11.3 Å². The monoisotopic (exact) mass is 565 g/mol. The molecule has 0 N–H and O–H groups in total. The maximum absolute atomic E-state index is 5.78. The molecule has 0 aliphatic rings. The van der Waals surface area contributed by atoms with E-state index in [0.29, 0.717) is 0 Å². The molecule has 184 valence electrons. The van der Waals surface area contributed by atoms with Gasteiger partial charge in [-0.3, -0.25) is 0 Å². The van der Waals surface area contributed by atoms with Crippen LogP contribution >= 0.6 is 11.3 Å². The van der Waals surface area contributed by atoms with Crippen molar-refractivity contribution in [3.05, 3.63) is 17.1 Å². The molecule has 0 bridgehead atoms. The standard InChI is InChI=1S/C27H52NOS.HI/c1-2-3-4-5-6-7-8-9-10-11-12-13-14-15-16-17-18-20-24-29-25-21-19-22-28-23-26-30-27-28;/h23,26-27H,2-22,24-25H2,1H3;1H/q+1;/p-1. The van der Waals surface area contributed by atoms with Crippen molar-refractivity contribution in [3.63, 3.8) is 0 Å². The van der Waals surface area contributed by atoms with E-state index in [0.717, 1.165) is 19.8 Å². The minimum absolute atomic E-state index is 0. The molecule has 0 radical (unpaired) electrons. The van der Waals surface area contributed by atoms with Crippen LogP contribution in [0.5, 0.6) is 0 Å². The molecule has 1 aromatic rings. The van der Waals surface area contributed by atoms with Crippen LogP contribution in [-0.4, -0.2) is 13.2 Å². The van der Waals surface area contributed by atoms with Gasteiger partial charge < -0.3 is 28.7 Å². The summed E-state index contributed by atoms with van der Waals surface area (Å²) in [6.45, 7) is 5.33. The second-order valence-corrected chi connectivity index (χ2v) is 9.85. The summed E-state index contributed by atoms with van der Waals surface area (Å²) in [5.74, 6) is 0. The van der Waals surface area contributed by atoms with Gasteiger partial charge in [0.1, 0.15) is 6.54 Å². The largest absolute Gasteiger partial charge is 1.00 e. The highest BCUT2D eigenvalue weighted by atomic mass is 127. The highest BCUT2D eigenvalue weighted by Crippen LogP contribution is 2.14. The lowest BCUT2D eigenvalue weighted by atomic mass is 10.0. The third kappa shape index (κ3) is 23.3. The van der Waals surface area contributed by atoms with Gasteiger partial charge in [-0.25, -0.2) is 0 Å². The second-order valence-electron chi connectivity index (χ2n) is 9.09. The summed E-state index contributed by atoms with van der Waals surface area (Å²) in [7, 11) is 0. The molecule has 1 aromatic heterocycles. The Morgan fingerprint density at radius 3 is 1.42 bits per heavy atom. The van der Waals surface area contributed by atoms with Gasteiger partial charge in [0.05, 0.1) is 5.38 Å². The summed E-state index contributed by atoms with van der Waals surface area (Å²) in [4.78, 5) is 0. The molecule has 0 spiro atoms. The van der Waals surface area contributed by atoms with Crippen LogP contribution in [0.3, 0.4) is 0 Å². The molecule has 4 heteroatoms. The highest BCUT2D eigenvalue weighted by Gasteiger charge is 1.99. The fourth-order valence-corrected chi connectivity index (χ4v) is 4.72. The maximum Gasteiger partial charge on any atom is 0.224 e. The normalized spacial score (nSPS) is 11.0. The Bertz CT molecular complexity index is 427. The molecule has 0 saturated heterocycles. The van der Waals surface area contributed by atoms with Crippen LogP contribution < -0.4 is 28.5 Å². The molecule has 0 aliphatic heterocycles. The molecule has 0 saturated carbocycles. The van der Waals surface area contributed by atoms with E-state index in [-0.39, 0.29) is 24.0 Å². The van der Waals surface area contributed by atoms with Crippen LogP contribution in [0.1, 0.15) is 135 Å². The Kier molecular flexibility index (Phi) is 26.8. The molecule has 2 nitrogen and oxygen atoms in total. The minimum atomic E-state index is 0. The lowest BCUT2D eigenvalue weighted by molar-refractivity contribution is -0.692. The summed E-state index contributed by atoms with van der Waals surface area (Å²) in [6, 6.07) is 0. The van der Waals surface area contributed by atoms with Gasteiger partial charge in [-0.05, 0) is 12.8 Å². The lowest BCUT2D eigenvalue weighted by Gasteiger charge is -2.05. The molecule has 0 fully saturated rings. The Morgan fingerprint density at radius 2 is 1.00 bits per heavy atom. The molecule has 0 aliphatic carbocycles. The van der Waals surface area contributed by atoms with Gasteiger partial charge in [0.2, 0.25) is 5.51 Å². The van der Waals surface area contributed by atoms with Crippen molar-refractivity contribution in [1.29, 1.82) is 0 Å². The third-order valence-corrected chi connectivity index (χ3v) is 6.80. The molecule has 0 atom stereocenters. The Balaban J connectivity index is 0.00000900. The first-order valence-corrected chi connectivity index (χ1v) is 14.4. The van der Waals surface area contributed by atoms with Gasteiger partial charge >= 0.3 is 0 Å². The first-order chi connectivity index (χ1) is 14.9. The lowest BCUT2D eigenvalue weighted by Crippen LogP contribution is -3.00. The van der Waals surface area contributed by atoms with Gasteiger partial charge in [0, 0.05) is 19.6 Å². The van der Waals surface area contributed by atoms with E-state index >= 15 is 0 Å². The highest BCUT2D eigenvalue weighted by molar-refractivity contribution is 7.07. The van der Waals surface area contributed by atoms with Crippen molar-refractivity contribution < 1.29 is 33.3 Å². The molecule has 1 heterocycles. The fraction of sp³-hybridized carbons (Fsp3) is 0.889. The fourth-order valence-electron chi connectivity index (χ4n) is 4.10. The molecule has 0 unspecified atom stereocenters. The number of hydrogen-bond donors (Lipinski definition) is 0. The summed E-state index contributed by atoms with van der Waals surface area (Å²) < 4.78 is 8.04. The minimum Gasteiger partial charge on any atom is -1.00 e. The van der Waals surface area contributed by atoms with Crippen LogP contribution in [-0.2, 0) is 11.3 Å². The van der Waals surface area contributed by atoms with Gasteiger partial charge in [-0.2, -0.15) is 4.57 Å². The first kappa shape index (κ1) is 31.3. The predicted molar refractivity (Wildman–Crippen MR) is 133 cm³/mol. The summed E-state index contributed by atoms with van der Waals surface area (Å²) in [5.41, 5.74) is 2.18. The smallest absolute Gasteiger partial charge is 0.224 e. The average Bonchev–Trinajstić information content (AvgIpc) is 3.28. The number of unbranched alkanes of at least 4 members (excludes halogenated alkanes) is 18. The SMILES string of the molecule is CCCCCCCCCCCCCCCCCCCCOCCCC[n+]1ccsc1.[I-]. The number of rotatable bonds is 24. The molecular formula is C27H52INOS. The molecular weight excluding hydrogens is 513 g/mol. The van der Waals surface area contributed by atoms with Crippen LogP contribution in [0.4, 0.5) is 0 Å². The number of aromatic nitrogens is 1. The third-order valence-electron chi connectivity index (χ3n) is 6.12. The van der Waals surface area contributed by atoms with Crippen LogP contribution in [0.2, 0.25) is 0 Å². The number of aryl methyl sites for hydroxylation is 1. The summed E-state index contributed by atoms with van der Waals surface area (Å²) in [6.07, 6.45) is 30.4. The Labute approximate surface area is 216 Å². The Morgan fingerprint density at radius 1 is 0.581 bits per heavy atom. The van der Waals surface area contributed by atoms with E-state index in [9.17, 15) is 0 Å². The zero-order valence-electron chi connectivity index (χ0n) is 20.6. The van der Waals surface area contributed by atoms with Crippen molar-refractivity contribution in [1.82, 2.24) is 0 Å². The number of thiazole rings is 1. The average molecular weight is 566 g/mol. The summed E-state index contributed by atoms with van der Waals surface area (Å²) >= 11 is 1.76. The van der Waals surface area contributed by atoms with Crippen molar-refractivity contribution in [2.45, 2.75) is 142 Å². The number of nitrogens with zero attached hydrogens (tertiary/aromatic N) is 1. The number of ether oxygens (including phenoxy) is 1. The topological polar surface area (TPSA) is 13.1 Å². The van der Waals surface area contributed by atoms with Crippen molar-refractivity contribution in [2.24, 2.45) is 0 Å². The van der Waals surface area contributed by atoms with E-state index in [1.165, 1.54) is 128 Å². The van der Waals surface area contributed by atoms with Crippen LogP contribution in [0.25, 0.3) is 0 Å². The molecule has 31 heavy (non-hydrogen) atoms. The Hall–Kier alpha value is 0.320. The van der Waals surface area contributed by atoms with Gasteiger partial charge in [-0.15, -0.1) is 0 Å². The van der Waals surface area contributed by atoms with Gasteiger partial charge in [0.15, 0.2) is 6.20 Å². The number of halogens is 1. The van der Waals surface area contributed by atoms with Crippen molar-refractivity contribution >= 4 is 11.3 Å². The zero-order valence-corrected chi connectivity index (χ0v) is 23.6. The first-order valence-electron chi connectivity index (χ1n) is 13.4. The molecule has 0 aromatic carbocycles. The quantitative estimate of drug-likeness (QED) is 0.0868. The van der Waals surface area contributed by atoms with E-state index in [4.69, 9.17) is 4.74 Å². The van der Waals surface area contributed by atoms with E-state index in [2.05, 4.69) is 28.6 Å². The van der Waals surface area contributed by atoms with Crippen molar-refractivity contribution in [3.8, 4) is 0 Å². The zero-order chi connectivity index (χ0) is 21.4. The molecule has 1 rings (SSSR count). The maximum atomic E-state index is 5.78. The number of hydrogen-bond acceptors (Lipinski definition) is 2. The van der Waals surface area contributed by atoms with Crippen LogP contribution in [0, 0.1) is 0 Å². The van der Waals surface area contributed by atoms with Gasteiger partial charge in [0.25, 0.3) is 0 Å². The van der Waals surface area contributed by atoms with Gasteiger partial charge in [-0.1, -0.05) is 127 Å². The second kappa shape index (κ2) is 26.6. The van der Waals surface area contributed by atoms with E-state index < -0.39 is 0 Å². The van der Waals surface area contributed by atoms with E-state index in [1.807, 2.05) is 0 Å². The predicted octanol–water partition coefficient (Wildman–Crippen LogP) is 5.88.